The number of aromatic nitrogens is 2. The Balaban J connectivity index is 1.48. The predicted molar refractivity (Wildman–Crippen MR) is 121 cm³/mol. The maximum atomic E-state index is 12.6. The molecule has 30 heavy (non-hydrogen) atoms. The summed E-state index contributed by atoms with van der Waals surface area (Å²) in [4.78, 5) is 32.6. The number of carbonyl (C=O) groups is 1. The van der Waals surface area contributed by atoms with E-state index in [1.807, 2.05) is 48.5 Å². The minimum absolute atomic E-state index is 0.0178. The first kappa shape index (κ1) is 20.1. The first-order chi connectivity index (χ1) is 14.7. The first-order valence-electron chi connectivity index (χ1n) is 10.8. The number of H-pyrrole nitrogens is 1. The van der Waals surface area contributed by atoms with Crippen LogP contribution in [0.3, 0.4) is 0 Å². The molecule has 0 saturated heterocycles. The Morgan fingerprint density at radius 2 is 1.67 bits per heavy atom. The summed E-state index contributed by atoms with van der Waals surface area (Å²) in [5.74, 6) is -0.0178. The molecule has 0 spiro atoms. The molecule has 1 aromatic heterocycles. The Labute approximate surface area is 176 Å². The summed E-state index contributed by atoms with van der Waals surface area (Å²) in [6.45, 7) is 0.166. The number of carbonyl (C=O) groups excluding carboxylic acids is 1. The van der Waals surface area contributed by atoms with Gasteiger partial charge in [-0.05, 0) is 31.0 Å². The number of nitrogens with zero attached hydrogens (tertiary/aromatic N) is 1. The van der Waals surface area contributed by atoms with Gasteiger partial charge >= 0.3 is 0 Å². The molecule has 3 aromatic rings. The van der Waals surface area contributed by atoms with E-state index in [1.165, 1.54) is 32.1 Å². The van der Waals surface area contributed by atoms with E-state index in [-0.39, 0.29) is 24.1 Å². The van der Waals surface area contributed by atoms with Crippen LogP contribution in [-0.2, 0) is 4.79 Å². The molecule has 0 aliphatic heterocycles. The Bertz CT molecular complexity index is 1070. The molecule has 1 aliphatic carbocycles. The topological polar surface area (TPSA) is 86.9 Å². The third-order valence-corrected chi connectivity index (χ3v) is 5.69. The highest BCUT2D eigenvalue weighted by Crippen LogP contribution is 2.25. The highest BCUT2D eigenvalue weighted by molar-refractivity contribution is 5.85. The minimum Gasteiger partial charge on any atom is -0.376 e. The van der Waals surface area contributed by atoms with Crippen molar-refractivity contribution in [3.63, 3.8) is 0 Å². The fourth-order valence-electron chi connectivity index (χ4n) is 4.11. The molecule has 1 saturated carbocycles. The Kier molecular flexibility index (Phi) is 6.42. The van der Waals surface area contributed by atoms with E-state index in [9.17, 15) is 9.59 Å². The third kappa shape index (κ3) is 4.87. The molecule has 1 heterocycles. The zero-order valence-electron chi connectivity index (χ0n) is 17.1. The summed E-state index contributed by atoms with van der Waals surface area (Å²) in [6, 6.07) is 15.2. The van der Waals surface area contributed by atoms with Crippen molar-refractivity contribution in [1.29, 1.82) is 0 Å². The zero-order chi connectivity index (χ0) is 20.8. The fourth-order valence-corrected chi connectivity index (χ4v) is 4.11. The molecule has 0 unspecified atom stereocenters. The molecule has 6 nitrogen and oxygen atoms in total. The van der Waals surface area contributed by atoms with Crippen LogP contribution in [0.15, 0.2) is 53.3 Å². The number of aromatic amines is 1. The molecule has 6 heteroatoms. The van der Waals surface area contributed by atoms with Gasteiger partial charge in [0.25, 0.3) is 5.56 Å². The number of nitrogens with one attached hydrogen (secondary N) is 3. The number of benzene rings is 2. The van der Waals surface area contributed by atoms with E-state index in [1.54, 1.807) is 0 Å². The van der Waals surface area contributed by atoms with Gasteiger partial charge in [0.2, 0.25) is 5.91 Å². The maximum Gasteiger partial charge on any atom is 0.275 e. The summed E-state index contributed by atoms with van der Waals surface area (Å²) >= 11 is 0. The van der Waals surface area contributed by atoms with Gasteiger partial charge in [-0.25, -0.2) is 4.98 Å². The average Bonchev–Trinajstić information content (AvgIpc) is 2.74. The molecule has 0 atom stereocenters. The second-order valence-corrected chi connectivity index (χ2v) is 7.94. The number of hydrogen-bond acceptors (Lipinski definition) is 4. The highest BCUT2D eigenvalue weighted by Gasteiger charge is 2.15. The van der Waals surface area contributed by atoms with Crippen LogP contribution in [0.4, 0.5) is 5.69 Å². The minimum atomic E-state index is -0.248. The van der Waals surface area contributed by atoms with E-state index in [2.05, 4.69) is 20.6 Å². The van der Waals surface area contributed by atoms with Crippen molar-refractivity contribution < 1.29 is 4.79 Å². The second-order valence-electron chi connectivity index (χ2n) is 7.94. The molecule has 0 radical (unpaired) electrons. The van der Waals surface area contributed by atoms with E-state index >= 15 is 0 Å². The van der Waals surface area contributed by atoms with Crippen LogP contribution < -0.4 is 16.2 Å². The van der Waals surface area contributed by atoms with Gasteiger partial charge < -0.3 is 15.6 Å². The van der Waals surface area contributed by atoms with Crippen LogP contribution in [-0.4, -0.2) is 28.5 Å². The van der Waals surface area contributed by atoms with Crippen LogP contribution in [0, 0.1) is 0 Å². The van der Waals surface area contributed by atoms with Gasteiger partial charge in [-0.15, -0.1) is 0 Å². The molecule has 3 N–H and O–H groups in total. The number of hydrogen-bond donors (Lipinski definition) is 3. The zero-order valence-corrected chi connectivity index (χ0v) is 17.1. The number of rotatable bonds is 5. The van der Waals surface area contributed by atoms with Crippen molar-refractivity contribution >= 4 is 22.6 Å². The van der Waals surface area contributed by atoms with Crippen molar-refractivity contribution in [1.82, 2.24) is 15.3 Å². The van der Waals surface area contributed by atoms with Crippen molar-refractivity contribution in [3.05, 3.63) is 58.9 Å². The number of anilines is 1. The van der Waals surface area contributed by atoms with Crippen LogP contribution in [0.25, 0.3) is 22.3 Å². The summed E-state index contributed by atoms with van der Waals surface area (Å²) in [5, 5.41) is 6.37. The third-order valence-electron chi connectivity index (χ3n) is 5.69. The van der Waals surface area contributed by atoms with Crippen molar-refractivity contribution in [2.75, 3.05) is 11.9 Å². The largest absolute Gasteiger partial charge is 0.376 e. The summed E-state index contributed by atoms with van der Waals surface area (Å²) in [6.07, 6.45) is 8.28. The van der Waals surface area contributed by atoms with Crippen molar-refractivity contribution in [3.8, 4) is 11.3 Å². The Morgan fingerprint density at radius 3 is 2.50 bits per heavy atom. The lowest BCUT2D eigenvalue weighted by Gasteiger charge is -2.21. The van der Waals surface area contributed by atoms with Gasteiger partial charge in [0.15, 0.2) is 0 Å². The second kappa shape index (κ2) is 9.57. The van der Waals surface area contributed by atoms with Crippen LogP contribution in [0.2, 0.25) is 0 Å². The van der Waals surface area contributed by atoms with Gasteiger partial charge in [-0.1, -0.05) is 62.4 Å². The number of fused-ring (bicyclic) bond motifs is 1. The highest BCUT2D eigenvalue weighted by atomic mass is 16.2. The molecule has 1 aliphatic rings. The molecular formula is C24H28N4O2. The smallest absolute Gasteiger partial charge is 0.275 e. The lowest BCUT2D eigenvalue weighted by atomic mass is 9.97. The van der Waals surface area contributed by atoms with Gasteiger partial charge in [0.1, 0.15) is 5.69 Å². The number of para-hydroxylation sites is 3. The van der Waals surface area contributed by atoms with E-state index in [0.717, 1.165) is 24.0 Å². The Hall–Kier alpha value is -3.15. The normalized spacial score (nSPS) is 15.3. The van der Waals surface area contributed by atoms with Crippen LogP contribution >= 0.6 is 0 Å². The van der Waals surface area contributed by atoms with Gasteiger partial charge in [-0.2, -0.15) is 0 Å². The van der Waals surface area contributed by atoms with Crippen molar-refractivity contribution in [2.45, 2.75) is 51.0 Å². The number of amides is 1. The molecule has 0 bridgehead atoms. The van der Waals surface area contributed by atoms with Crippen molar-refractivity contribution in [2.24, 2.45) is 0 Å². The van der Waals surface area contributed by atoms with E-state index in [4.69, 9.17) is 0 Å². The van der Waals surface area contributed by atoms with Gasteiger partial charge in [0.05, 0.1) is 17.6 Å². The van der Waals surface area contributed by atoms with Crippen LogP contribution in [0.5, 0.6) is 0 Å². The first-order valence-corrected chi connectivity index (χ1v) is 10.8. The Morgan fingerprint density at radius 1 is 0.967 bits per heavy atom. The van der Waals surface area contributed by atoms with E-state index < -0.39 is 0 Å². The lowest BCUT2D eigenvalue weighted by molar-refractivity contribution is -0.120. The average molecular weight is 405 g/mol. The molecule has 2 aromatic carbocycles. The SMILES string of the molecule is O=C(CNc1ccccc1-c1nc2ccccc2[nH]c1=O)NC1CCCCCCC1. The summed E-state index contributed by atoms with van der Waals surface area (Å²) in [5.41, 5.74) is 2.93. The molecule has 156 valence electrons. The summed E-state index contributed by atoms with van der Waals surface area (Å²) < 4.78 is 0. The molecular weight excluding hydrogens is 376 g/mol. The standard InChI is InChI=1S/C24H28N4O2/c29-22(26-17-10-4-2-1-3-5-11-17)16-25-19-13-7-6-12-18(19)23-24(30)28-21-15-9-8-14-20(21)27-23/h6-9,12-15,17,25H,1-5,10-11,16H2,(H,26,29)(H,28,30). The predicted octanol–water partition coefficient (Wildman–Crippen LogP) is 4.23. The fraction of sp³-hybridized carbons (Fsp3) is 0.375. The van der Waals surface area contributed by atoms with Crippen LogP contribution in [0.1, 0.15) is 44.9 Å². The molecule has 4 rings (SSSR count). The summed E-state index contributed by atoms with van der Waals surface area (Å²) in [7, 11) is 0. The quantitative estimate of drug-likeness (QED) is 0.594. The monoisotopic (exact) mass is 404 g/mol. The van der Waals surface area contributed by atoms with E-state index in [0.29, 0.717) is 16.8 Å². The van der Waals surface area contributed by atoms with Gasteiger partial charge in [-0.3, -0.25) is 9.59 Å². The molecule has 1 amide bonds. The lowest BCUT2D eigenvalue weighted by Crippen LogP contribution is -2.38. The molecule has 1 fully saturated rings. The maximum absolute atomic E-state index is 12.6. The van der Waals surface area contributed by atoms with Gasteiger partial charge in [0, 0.05) is 17.3 Å².